The van der Waals surface area contributed by atoms with Crippen molar-refractivity contribution < 1.29 is 9.50 Å². The predicted molar refractivity (Wildman–Crippen MR) is 82.5 cm³/mol. The Balaban J connectivity index is 1.58. The highest BCUT2D eigenvalue weighted by Crippen LogP contribution is 2.35. The molecule has 0 amide bonds. The third kappa shape index (κ3) is 3.46. The summed E-state index contributed by atoms with van der Waals surface area (Å²) < 4.78 is 13.7. The molecule has 3 rings (SSSR count). The minimum absolute atomic E-state index is 0.292. The minimum Gasteiger partial charge on any atom is -0.388 e. The molecule has 1 unspecified atom stereocenters. The first-order valence-corrected chi connectivity index (χ1v) is 8.42. The Bertz CT molecular complexity index is 462. The molecular formula is C18H26FNO. The van der Waals surface area contributed by atoms with E-state index in [1.807, 2.05) is 0 Å². The van der Waals surface area contributed by atoms with Gasteiger partial charge in [0.2, 0.25) is 0 Å². The summed E-state index contributed by atoms with van der Waals surface area (Å²) in [6.07, 6.45) is 7.99. The van der Waals surface area contributed by atoms with Crippen molar-refractivity contribution in [2.24, 2.45) is 5.92 Å². The van der Waals surface area contributed by atoms with Gasteiger partial charge in [-0.3, -0.25) is 0 Å². The van der Waals surface area contributed by atoms with Crippen molar-refractivity contribution in [1.82, 2.24) is 4.90 Å². The molecule has 2 aliphatic rings. The molecule has 21 heavy (non-hydrogen) atoms. The van der Waals surface area contributed by atoms with Gasteiger partial charge >= 0.3 is 0 Å². The van der Waals surface area contributed by atoms with Crippen molar-refractivity contribution in [3.63, 3.8) is 0 Å². The number of rotatable bonds is 4. The van der Waals surface area contributed by atoms with Crippen LogP contribution >= 0.6 is 0 Å². The summed E-state index contributed by atoms with van der Waals surface area (Å²) >= 11 is 0. The molecule has 1 N–H and O–H groups in total. The molecule has 1 saturated heterocycles. The Kier molecular flexibility index (Phi) is 4.91. The van der Waals surface area contributed by atoms with E-state index >= 15 is 0 Å². The second-order valence-electron chi connectivity index (χ2n) is 6.62. The maximum atomic E-state index is 13.7. The average Bonchev–Trinajstić information content (AvgIpc) is 2.53. The van der Waals surface area contributed by atoms with Crippen LogP contribution in [0.4, 0.5) is 4.39 Å². The number of aliphatic hydroxyl groups excluding tert-OH is 1. The monoisotopic (exact) mass is 291 g/mol. The van der Waals surface area contributed by atoms with Crippen LogP contribution in [0.2, 0.25) is 0 Å². The van der Waals surface area contributed by atoms with Gasteiger partial charge in [0.15, 0.2) is 0 Å². The maximum absolute atomic E-state index is 13.7. The molecule has 3 atom stereocenters. The zero-order chi connectivity index (χ0) is 14.7. The first kappa shape index (κ1) is 15.0. The number of nitrogens with zero attached hydrogens (tertiary/aromatic N) is 1. The maximum Gasteiger partial charge on any atom is 0.128 e. The van der Waals surface area contributed by atoms with Gasteiger partial charge < -0.3 is 10.0 Å². The van der Waals surface area contributed by atoms with Crippen LogP contribution in [-0.4, -0.2) is 29.1 Å². The molecule has 0 radical (unpaired) electrons. The van der Waals surface area contributed by atoms with Crippen LogP contribution in [0, 0.1) is 11.7 Å². The summed E-state index contributed by atoms with van der Waals surface area (Å²) in [4.78, 5) is 2.55. The van der Waals surface area contributed by atoms with Crippen LogP contribution in [-0.2, 0) is 0 Å². The van der Waals surface area contributed by atoms with Gasteiger partial charge in [-0.25, -0.2) is 4.39 Å². The van der Waals surface area contributed by atoms with Crippen LogP contribution in [0.25, 0.3) is 0 Å². The molecule has 1 aromatic rings. The van der Waals surface area contributed by atoms with Gasteiger partial charge in [0.05, 0.1) is 6.10 Å². The average molecular weight is 291 g/mol. The molecular weight excluding hydrogens is 265 g/mol. The van der Waals surface area contributed by atoms with E-state index in [0.717, 1.165) is 19.0 Å². The first-order chi connectivity index (χ1) is 10.3. The second-order valence-corrected chi connectivity index (χ2v) is 6.62. The lowest BCUT2D eigenvalue weighted by Gasteiger charge is -2.44. The van der Waals surface area contributed by atoms with E-state index in [0.29, 0.717) is 18.0 Å². The van der Waals surface area contributed by atoms with E-state index in [2.05, 4.69) is 4.90 Å². The molecule has 2 fully saturated rings. The number of piperidine rings is 1. The number of hydrogen-bond acceptors (Lipinski definition) is 2. The van der Waals surface area contributed by atoms with Crippen LogP contribution in [0.5, 0.6) is 0 Å². The lowest BCUT2D eigenvalue weighted by molar-refractivity contribution is 0.0451. The van der Waals surface area contributed by atoms with Gasteiger partial charge in [-0.05, 0) is 50.6 Å². The highest BCUT2D eigenvalue weighted by atomic mass is 19.1. The van der Waals surface area contributed by atoms with E-state index in [1.54, 1.807) is 18.2 Å². The zero-order valence-electron chi connectivity index (χ0n) is 12.7. The number of aliphatic hydroxyl groups is 1. The van der Waals surface area contributed by atoms with Crippen LogP contribution in [0.15, 0.2) is 24.3 Å². The molecule has 1 aliphatic heterocycles. The van der Waals surface area contributed by atoms with E-state index in [4.69, 9.17) is 0 Å². The van der Waals surface area contributed by atoms with Crippen molar-refractivity contribution in [2.75, 3.05) is 13.1 Å². The van der Waals surface area contributed by atoms with Gasteiger partial charge in [0.25, 0.3) is 0 Å². The fourth-order valence-electron chi connectivity index (χ4n) is 4.19. The van der Waals surface area contributed by atoms with E-state index < -0.39 is 6.10 Å². The molecule has 116 valence electrons. The van der Waals surface area contributed by atoms with Crippen LogP contribution in [0.1, 0.15) is 56.6 Å². The Morgan fingerprint density at radius 3 is 2.76 bits per heavy atom. The van der Waals surface area contributed by atoms with E-state index in [9.17, 15) is 9.50 Å². The fourth-order valence-corrected chi connectivity index (χ4v) is 4.19. The lowest BCUT2D eigenvalue weighted by atomic mass is 9.78. The van der Waals surface area contributed by atoms with E-state index in [-0.39, 0.29) is 5.82 Å². The van der Waals surface area contributed by atoms with Gasteiger partial charge in [-0.1, -0.05) is 31.0 Å². The summed E-state index contributed by atoms with van der Waals surface area (Å²) in [6, 6.07) is 7.29. The van der Waals surface area contributed by atoms with Gasteiger partial charge in [-0.15, -0.1) is 0 Å². The Hall–Kier alpha value is -0.930. The number of halogens is 1. The van der Waals surface area contributed by atoms with Crippen LogP contribution < -0.4 is 0 Å². The normalized spacial score (nSPS) is 28.1. The number of hydrogen-bond donors (Lipinski definition) is 1. The number of likely N-dealkylation sites (tertiary alicyclic amines) is 1. The molecule has 0 spiro atoms. The third-order valence-corrected chi connectivity index (χ3v) is 5.31. The standard InChI is InChI=1S/C18H26FNO/c19-16-9-3-2-8-15(16)18(21)11-13-20-12-5-7-14-6-1-4-10-17(14)20/h2-3,8-9,14,17-18,21H,1,4-7,10-13H2/t14-,17-,18?/m1/s1. The Morgan fingerprint density at radius 2 is 1.90 bits per heavy atom. The molecule has 1 saturated carbocycles. The topological polar surface area (TPSA) is 23.5 Å². The zero-order valence-corrected chi connectivity index (χ0v) is 12.7. The fraction of sp³-hybridized carbons (Fsp3) is 0.667. The molecule has 0 bridgehead atoms. The van der Waals surface area contributed by atoms with Crippen molar-refractivity contribution in [1.29, 1.82) is 0 Å². The second kappa shape index (κ2) is 6.89. The Morgan fingerprint density at radius 1 is 1.14 bits per heavy atom. The molecule has 1 aliphatic carbocycles. The molecule has 1 heterocycles. The lowest BCUT2D eigenvalue weighted by Crippen LogP contribution is -2.47. The predicted octanol–water partition coefficient (Wildman–Crippen LogP) is 3.90. The van der Waals surface area contributed by atoms with Crippen LogP contribution in [0.3, 0.4) is 0 Å². The number of fused-ring (bicyclic) bond motifs is 1. The summed E-state index contributed by atoms with van der Waals surface area (Å²) in [5, 5.41) is 10.3. The molecule has 3 heteroatoms. The summed E-state index contributed by atoms with van der Waals surface area (Å²) in [6.45, 7) is 2.03. The van der Waals surface area contributed by atoms with E-state index in [1.165, 1.54) is 44.6 Å². The van der Waals surface area contributed by atoms with Crippen molar-refractivity contribution in [3.8, 4) is 0 Å². The summed E-state index contributed by atoms with van der Waals surface area (Å²) in [7, 11) is 0. The highest BCUT2D eigenvalue weighted by Gasteiger charge is 2.33. The molecule has 1 aromatic carbocycles. The quantitative estimate of drug-likeness (QED) is 0.909. The number of benzene rings is 1. The summed E-state index contributed by atoms with van der Waals surface area (Å²) in [5.74, 6) is 0.567. The van der Waals surface area contributed by atoms with Crippen molar-refractivity contribution in [2.45, 2.75) is 57.1 Å². The smallest absolute Gasteiger partial charge is 0.128 e. The Labute approximate surface area is 127 Å². The van der Waals surface area contributed by atoms with Gasteiger partial charge in [0, 0.05) is 18.2 Å². The van der Waals surface area contributed by atoms with Gasteiger partial charge in [0.1, 0.15) is 5.82 Å². The summed E-state index contributed by atoms with van der Waals surface area (Å²) in [5.41, 5.74) is 0.440. The van der Waals surface area contributed by atoms with Crippen molar-refractivity contribution >= 4 is 0 Å². The SMILES string of the molecule is OC(CCN1CCC[C@H]2CCCC[C@H]21)c1ccccc1F. The highest BCUT2D eigenvalue weighted by molar-refractivity contribution is 5.19. The minimum atomic E-state index is -0.685. The first-order valence-electron chi connectivity index (χ1n) is 8.42. The largest absolute Gasteiger partial charge is 0.388 e. The molecule has 2 nitrogen and oxygen atoms in total. The van der Waals surface area contributed by atoms with Crippen molar-refractivity contribution in [3.05, 3.63) is 35.6 Å². The third-order valence-electron chi connectivity index (χ3n) is 5.31. The van der Waals surface area contributed by atoms with Gasteiger partial charge in [-0.2, -0.15) is 0 Å². The molecule has 0 aromatic heterocycles.